The highest BCUT2D eigenvalue weighted by molar-refractivity contribution is 6.17. The maximum Gasteiger partial charge on any atom is 0.261 e. The van der Waals surface area contributed by atoms with Gasteiger partial charge in [0.1, 0.15) is 5.56 Å². The third kappa shape index (κ3) is 1.97. The van der Waals surface area contributed by atoms with Crippen LogP contribution in [0.3, 0.4) is 0 Å². The number of carbonyl (C=O) groups is 3. The second-order valence-corrected chi connectivity index (χ2v) is 4.32. The first kappa shape index (κ1) is 12.5. The van der Waals surface area contributed by atoms with Crippen molar-refractivity contribution < 1.29 is 23.9 Å². The van der Waals surface area contributed by atoms with E-state index in [4.69, 9.17) is 9.47 Å². The van der Waals surface area contributed by atoms with Crippen molar-refractivity contribution >= 4 is 17.5 Å². The molecule has 0 aromatic carbocycles. The lowest BCUT2D eigenvalue weighted by molar-refractivity contribution is -0.119. The minimum Gasteiger partial charge on any atom is -0.480 e. The van der Waals surface area contributed by atoms with Crippen LogP contribution in [0.2, 0.25) is 0 Å². The zero-order chi connectivity index (χ0) is 14.3. The van der Waals surface area contributed by atoms with Crippen molar-refractivity contribution in [3.63, 3.8) is 0 Å². The Kier molecular flexibility index (Phi) is 2.83. The first-order valence-electron chi connectivity index (χ1n) is 5.87. The number of amides is 1. The van der Waals surface area contributed by atoms with E-state index in [1.807, 2.05) is 0 Å². The SMILES string of the molecule is COc1ncccc1C(=O)NC1=CC(=O)C2OC2C1=O. The van der Waals surface area contributed by atoms with E-state index in [1.54, 1.807) is 6.07 Å². The smallest absolute Gasteiger partial charge is 0.261 e. The zero-order valence-electron chi connectivity index (χ0n) is 10.5. The maximum atomic E-state index is 12.1. The van der Waals surface area contributed by atoms with Crippen molar-refractivity contribution in [2.24, 2.45) is 0 Å². The Morgan fingerprint density at radius 1 is 1.40 bits per heavy atom. The summed E-state index contributed by atoms with van der Waals surface area (Å²) >= 11 is 0. The number of carbonyl (C=O) groups excluding carboxylic acids is 3. The molecule has 1 aromatic heterocycles. The van der Waals surface area contributed by atoms with Gasteiger partial charge in [-0.25, -0.2) is 4.98 Å². The highest BCUT2D eigenvalue weighted by Crippen LogP contribution is 2.30. The first-order chi connectivity index (χ1) is 9.61. The Labute approximate surface area is 113 Å². The molecule has 1 amide bonds. The number of fused-ring (bicyclic) bond motifs is 1. The number of nitrogens with one attached hydrogen (secondary N) is 1. The van der Waals surface area contributed by atoms with Crippen molar-refractivity contribution in [1.82, 2.24) is 10.3 Å². The number of rotatable bonds is 3. The van der Waals surface area contributed by atoms with E-state index in [1.165, 1.54) is 19.4 Å². The van der Waals surface area contributed by atoms with Gasteiger partial charge in [-0.2, -0.15) is 0 Å². The molecule has 1 saturated heterocycles. The number of methoxy groups -OCH3 is 1. The molecule has 1 fully saturated rings. The largest absolute Gasteiger partial charge is 0.480 e. The summed E-state index contributed by atoms with van der Waals surface area (Å²) in [6.45, 7) is 0. The fourth-order valence-electron chi connectivity index (χ4n) is 1.99. The standard InChI is InChI=1S/C13H10N2O5/c1-19-13-6(3-2-4-14-13)12(18)15-7-5-8(16)10-11(20-10)9(7)17/h2-5,10-11H,1H3,(H,15,18). The van der Waals surface area contributed by atoms with Gasteiger partial charge in [0.2, 0.25) is 11.7 Å². The molecule has 7 heteroatoms. The predicted octanol–water partition coefficient (Wildman–Crippen LogP) is -0.377. The molecule has 2 heterocycles. The topological polar surface area (TPSA) is 97.9 Å². The van der Waals surface area contributed by atoms with E-state index in [2.05, 4.69) is 10.3 Å². The lowest BCUT2D eigenvalue weighted by Gasteiger charge is -2.11. The second-order valence-electron chi connectivity index (χ2n) is 4.32. The van der Waals surface area contributed by atoms with Gasteiger partial charge in [-0.15, -0.1) is 0 Å². The first-order valence-corrected chi connectivity index (χ1v) is 5.87. The predicted molar refractivity (Wildman–Crippen MR) is 65.0 cm³/mol. The molecular formula is C13H10N2O5. The second kappa shape index (κ2) is 4.53. The number of Topliss-reactive ketones (excluding diaryl/α,β-unsaturated/α-hetero) is 1. The van der Waals surface area contributed by atoms with Gasteiger partial charge in [-0.3, -0.25) is 14.4 Å². The lowest BCUT2D eigenvalue weighted by Crippen LogP contribution is -2.34. The van der Waals surface area contributed by atoms with Gasteiger partial charge in [-0.1, -0.05) is 0 Å². The maximum absolute atomic E-state index is 12.1. The monoisotopic (exact) mass is 274 g/mol. The van der Waals surface area contributed by atoms with Crippen molar-refractivity contribution in [2.45, 2.75) is 12.2 Å². The average Bonchev–Trinajstić information content (AvgIpc) is 3.25. The Hall–Kier alpha value is -2.54. The molecule has 3 rings (SSSR count). The molecule has 7 nitrogen and oxygen atoms in total. The van der Waals surface area contributed by atoms with Crippen LogP contribution in [0.15, 0.2) is 30.1 Å². The molecule has 1 aromatic rings. The number of ketones is 2. The van der Waals surface area contributed by atoms with Crippen LogP contribution in [-0.2, 0) is 14.3 Å². The van der Waals surface area contributed by atoms with E-state index in [9.17, 15) is 14.4 Å². The summed E-state index contributed by atoms with van der Waals surface area (Å²) < 4.78 is 9.89. The van der Waals surface area contributed by atoms with Crippen LogP contribution in [-0.4, -0.2) is 41.8 Å². The summed E-state index contributed by atoms with van der Waals surface area (Å²) in [7, 11) is 1.39. The molecule has 1 N–H and O–H groups in total. The Morgan fingerprint density at radius 3 is 2.95 bits per heavy atom. The molecule has 0 radical (unpaired) electrons. The highest BCUT2D eigenvalue weighted by Gasteiger charge is 2.53. The molecule has 2 unspecified atom stereocenters. The molecular weight excluding hydrogens is 264 g/mol. The molecule has 1 aliphatic heterocycles. The van der Waals surface area contributed by atoms with Gasteiger partial charge in [0.25, 0.3) is 5.91 Å². The van der Waals surface area contributed by atoms with Gasteiger partial charge < -0.3 is 14.8 Å². The number of aromatic nitrogens is 1. The molecule has 0 spiro atoms. The Bertz CT molecular complexity index is 652. The number of hydrogen-bond donors (Lipinski definition) is 1. The summed E-state index contributed by atoms with van der Waals surface area (Å²) in [5.41, 5.74) is 0.111. The van der Waals surface area contributed by atoms with Crippen molar-refractivity contribution in [3.05, 3.63) is 35.7 Å². The quantitative estimate of drug-likeness (QED) is 0.755. The minimum absolute atomic E-state index is 0.0651. The zero-order valence-corrected chi connectivity index (χ0v) is 10.5. The van der Waals surface area contributed by atoms with Crippen molar-refractivity contribution in [1.29, 1.82) is 0 Å². The average molecular weight is 274 g/mol. The molecule has 102 valence electrons. The molecule has 20 heavy (non-hydrogen) atoms. The number of epoxide rings is 1. The van der Waals surface area contributed by atoms with Crippen molar-refractivity contribution in [2.75, 3.05) is 7.11 Å². The van der Waals surface area contributed by atoms with E-state index >= 15 is 0 Å². The van der Waals surface area contributed by atoms with Crippen LogP contribution in [0.25, 0.3) is 0 Å². The molecule has 2 aliphatic rings. The van der Waals surface area contributed by atoms with E-state index in [0.29, 0.717) is 0 Å². The van der Waals surface area contributed by atoms with E-state index < -0.39 is 23.9 Å². The molecule has 0 saturated carbocycles. The summed E-state index contributed by atoms with van der Waals surface area (Å²) in [5, 5.41) is 2.40. The van der Waals surface area contributed by atoms with Gasteiger partial charge in [0.15, 0.2) is 18.0 Å². The van der Waals surface area contributed by atoms with Crippen LogP contribution in [0.1, 0.15) is 10.4 Å². The van der Waals surface area contributed by atoms with E-state index in [0.717, 1.165) is 6.08 Å². The number of hydrogen-bond acceptors (Lipinski definition) is 6. The van der Waals surface area contributed by atoms with Crippen molar-refractivity contribution in [3.8, 4) is 5.88 Å². The van der Waals surface area contributed by atoms with Crippen LogP contribution >= 0.6 is 0 Å². The number of pyridine rings is 1. The number of nitrogens with zero attached hydrogens (tertiary/aromatic N) is 1. The fourth-order valence-corrected chi connectivity index (χ4v) is 1.99. The Morgan fingerprint density at radius 2 is 2.20 bits per heavy atom. The Balaban J connectivity index is 1.82. The van der Waals surface area contributed by atoms with Crippen LogP contribution in [0, 0.1) is 0 Å². The summed E-state index contributed by atoms with van der Waals surface area (Å²) in [4.78, 5) is 39.3. The van der Waals surface area contributed by atoms with Crippen LogP contribution in [0.4, 0.5) is 0 Å². The summed E-state index contributed by atoms with van der Waals surface area (Å²) in [5.74, 6) is -1.14. The molecule has 2 atom stereocenters. The van der Waals surface area contributed by atoms with Gasteiger partial charge in [0, 0.05) is 12.3 Å². The van der Waals surface area contributed by atoms with Gasteiger partial charge in [-0.05, 0) is 12.1 Å². The van der Waals surface area contributed by atoms with Crippen LogP contribution in [0.5, 0.6) is 5.88 Å². The van der Waals surface area contributed by atoms with Gasteiger partial charge >= 0.3 is 0 Å². The van der Waals surface area contributed by atoms with E-state index in [-0.39, 0.29) is 22.9 Å². The third-order valence-electron chi connectivity index (χ3n) is 3.04. The summed E-state index contributed by atoms with van der Waals surface area (Å²) in [6, 6.07) is 3.08. The summed E-state index contributed by atoms with van der Waals surface area (Å²) in [6.07, 6.45) is 1.15. The molecule has 1 aliphatic carbocycles. The normalized spacial score (nSPS) is 23.8. The van der Waals surface area contributed by atoms with Crippen LogP contribution < -0.4 is 10.1 Å². The minimum atomic E-state index is -0.751. The molecule has 0 bridgehead atoms. The number of ether oxygens (including phenoxy) is 2. The van der Waals surface area contributed by atoms with Gasteiger partial charge in [0.05, 0.1) is 12.8 Å². The fraction of sp³-hybridized carbons (Fsp3) is 0.231. The highest BCUT2D eigenvalue weighted by atomic mass is 16.6. The third-order valence-corrected chi connectivity index (χ3v) is 3.04. The lowest BCUT2D eigenvalue weighted by atomic mass is 10.0.